The van der Waals surface area contributed by atoms with E-state index in [0.717, 1.165) is 12.3 Å². The van der Waals surface area contributed by atoms with Gasteiger partial charge >= 0.3 is 5.97 Å². The Labute approximate surface area is 184 Å². The molecule has 32 heavy (non-hydrogen) atoms. The van der Waals surface area contributed by atoms with Crippen LogP contribution in [-0.4, -0.2) is 27.2 Å². The van der Waals surface area contributed by atoms with Gasteiger partial charge in [0.25, 0.3) is 0 Å². The Hall–Kier alpha value is -3.52. The maximum atomic E-state index is 14.1. The number of benzene rings is 3. The van der Waals surface area contributed by atoms with E-state index in [0.29, 0.717) is 22.8 Å². The van der Waals surface area contributed by atoms with Crippen LogP contribution in [0.3, 0.4) is 0 Å². The molecule has 3 aromatic rings. The second-order valence-electron chi connectivity index (χ2n) is 6.81. The minimum atomic E-state index is -3.38. The van der Waals surface area contributed by atoms with E-state index >= 15 is 0 Å². The Morgan fingerprint density at radius 3 is 2.28 bits per heavy atom. The Kier molecular flexibility index (Phi) is 7.05. The zero-order valence-corrected chi connectivity index (χ0v) is 18.2. The van der Waals surface area contributed by atoms with Crippen LogP contribution in [0, 0.1) is 11.6 Å². The summed E-state index contributed by atoms with van der Waals surface area (Å²) >= 11 is 0. The average Bonchev–Trinajstić information content (AvgIpc) is 2.74. The van der Waals surface area contributed by atoms with E-state index in [2.05, 4.69) is 0 Å². The second kappa shape index (κ2) is 9.74. The number of rotatable bonds is 7. The molecule has 3 aromatic carbocycles. The summed E-state index contributed by atoms with van der Waals surface area (Å²) < 4.78 is 61.4. The topological polar surface area (TPSA) is 69.7 Å². The maximum absolute atomic E-state index is 14.1. The van der Waals surface area contributed by atoms with Gasteiger partial charge in [-0.25, -0.2) is 22.0 Å². The third-order valence-corrected chi connectivity index (χ3v) is 5.54. The van der Waals surface area contributed by atoms with E-state index in [4.69, 9.17) is 9.47 Å². The van der Waals surface area contributed by atoms with E-state index in [1.807, 2.05) is 0 Å². The van der Waals surface area contributed by atoms with Gasteiger partial charge in [-0.2, -0.15) is 0 Å². The van der Waals surface area contributed by atoms with Gasteiger partial charge < -0.3 is 9.47 Å². The Balaban J connectivity index is 2.04. The smallest absolute Gasteiger partial charge is 0.330 e. The van der Waals surface area contributed by atoms with Gasteiger partial charge in [0.1, 0.15) is 11.6 Å². The summed E-state index contributed by atoms with van der Waals surface area (Å²) in [5, 5.41) is 0. The number of carbonyl (C=O) groups excluding carboxylic acids is 1. The van der Waals surface area contributed by atoms with Gasteiger partial charge in [-0.05, 0) is 60.5 Å². The van der Waals surface area contributed by atoms with Crippen LogP contribution < -0.4 is 4.74 Å². The third kappa shape index (κ3) is 5.79. The monoisotopic (exact) mass is 458 g/mol. The van der Waals surface area contributed by atoms with Crippen molar-refractivity contribution < 1.29 is 31.5 Å². The molecule has 0 saturated carbocycles. The minimum absolute atomic E-state index is 0.145. The number of ether oxygens (including phenoxy) is 2. The quantitative estimate of drug-likeness (QED) is 0.350. The molecule has 0 aromatic heterocycles. The molecule has 0 unspecified atom stereocenters. The molecule has 0 fully saturated rings. The molecule has 0 saturated heterocycles. The first kappa shape index (κ1) is 23.1. The van der Waals surface area contributed by atoms with Crippen molar-refractivity contribution in [2.75, 3.05) is 12.9 Å². The summed E-state index contributed by atoms with van der Waals surface area (Å²) in [6.07, 6.45) is 3.93. The summed E-state index contributed by atoms with van der Waals surface area (Å²) in [7, 11) is -3.38. The van der Waals surface area contributed by atoms with Crippen LogP contribution in [0.2, 0.25) is 0 Å². The summed E-state index contributed by atoms with van der Waals surface area (Å²) in [4.78, 5) is 11.8. The van der Waals surface area contributed by atoms with Crippen molar-refractivity contribution in [3.8, 4) is 22.6 Å². The van der Waals surface area contributed by atoms with E-state index in [1.54, 1.807) is 43.3 Å². The molecule has 3 rings (SSSR count). The molecular formula is C24H20F2O5S. The van der Waals surface area contributed by atoms with Gasteiger partial charge in [0.05, 0.1) is 11.5 Å². The lowest BCUT2D eigenvalue weighted by atomic mass is 10.0. The van der Waals surface area contributed by atoms with Crippen molar-refractivity contribution >= 4 is 21.9 Å². The highest BCUT2D eigenvalue weighted by molar-refractivity contribution is 7.90. The van der Waals surface area contributed by atoms with Gasteiger partial charge in [0.15, 0.2) is 21.4 Å². The lowest BCUT2D eigenvalue weighted by Crippen LogP contribution is -1.98. The molecule has 0 amide bonds. The first-order chi connectivity index (χ1) is 15.2. The van der Waals surface area contributed by atoms with Crippen LogP contribution in [0.4, 0.5) is 8.78 Å². The SMILES string of the molecule is CCOC(=O)C=Cc1ccc(Oc2ccc(F)cc2F)c(-c2ccc(S(C)(=O)=O)cc2)c1. The van der Waals surface area contributed by atoms with E-state index in [-0.39, 0.29) is 23.0 Å². The van der Waals surface area contributed by atoms with Crippen molar-refractivity contribution in [2.45, 2.75) is 11.8 Å². The molecular weight excluding hydrogens is 438 g/mol. The zero-order valence-electron chi connectivity index (χ0n) is 17.3. The lowest BCUT2D eigenvalue weighted by Gasteiger charge is -2.13. The molecule has 0 aliphatic rings. The highest BCUT2D eigenvalue weighted by Gasteiger charge is 2.13. The fourth-order valence-corrected chi connectivity index (χ4v) is 3.51. The number of hydrogen-bond donors (Lipinski definition) is 0. The summed E-state index contributed by atoms with van der Waals surface area (Å²) in [5.41, 5.74) is 1.74. The van der Waals surface area contributed by atoms with E-state index in [1.165, 1.54) is 24.3 Å². The molecule has 166 valence electrons. The first-order valence-corrected chi connectivity index (χ1v) is 11.5. The maximum Gasteiger partial charge on any atom is 0.330 e. The molecule has 0 N–H and O–H groups in total. The Morgan fingerprint density at radius 1 is 0.969 bits per heavy atom. The summed E-state index contributed by atoms with van der Waals surface area (Å²) in [6, 6.07) is 14.0. The average molecular weight is 458 g/mol. The van der Waals surface area contributed by atoms with Crippen LogP contribution in [0.1, 0.15) is 12.5 Å². The first-order valence-electron chi connectivity index (χ1n) is 9.59. The molecule has 8 heteroatoms. The molecule has 0 bridgehead atoms. The van der Waals surface area contributed by atoms with E-state index < -0.39 is 27.4 Å². The fourth-order valence-electron chi connectivity index (χ4n) is 2.88. The van der Waals surface area contributed by atoms with Crippen LogP contribution in [-0.2, 0) is 19.4 Å². The molecule has 0 heterocycles. The predicted octanol–water partition coefficient (Wildman–Crippen LogP) is 5.40. The largest absolute Gasteiger partial charge is 0.463 e. The number of sulfone groups is 1. The van der Waals surface area contributed by atoms with Crippen molar-refractivity contribution in [3.63, 3.8) is 0 Å². The normalized spacial score (nSPS) is 11.5. The zero-order chi connectivity index (χ0) is 23.3. The standard InChI is InChI=1S/C24H20F2O5S/c1-3-30-24(27)13-5-16-4-11-22(31-23-12-8-18(25)15-21(23)26)20(14-16)17-6-9-19(10-7-17)32(2,28)29/h4-15H,3H2,1-2H3. The van der Waals surface area contributed by atoms with Gasteiger partial charge in [0.2, 0.25) is 0 Å². The van der Waals surface area contributed by atoms with E-state index in [9.17, 15) is 22.0 Å². The van der Waals surface area contributed by atoms with Crippen molar-refractivity contribution in [1.82, 2.24) is 0 Å². The highest BCUT2D eigenvalue weighted by Crippen LogP contribution is 2.36. The lowest BCUT2D eigenvalue weighted by molar-refractivity contribution is -0.137. The number of hydrogen-bond acceptors (Lipinski definition) is 5. The molecule has 0 aliphatic carbocycles. The number of carbonyl (C=O) groups is 1. The Bertz CT molecular complexity index is 1270. The van der Waals surface area contributed by atoms with Crippen molar-refractivity contribution in [1.29, 1.82) is 0 Å². The molecule has 0 atom stereocenters. The van der Waals surface area contributed by atoms with Crippen LogP contribution >= 0.6 is 0 Å². The van der Waals surface area contributed by atoms with Gasteiger partial charge in [-0.1, -0.05) is 18.2 Å². The van der Waals surface area contributed by atoms with Gasteiger partial charge in [-0.3, -0.25) is 0 Å². The van der Waals surface area contributed by atoms with Gasteiger partial charge in [-0.15, -0.1) is 0 Å². The fraction of sp³-hybridized carbons (Fsp3) is 0.125. The molecule has 0 radical (unpaired) electrons. The summed E-state index contributed by atoms with van der Waals surface area (Å²) in [6.45, 7) is 1.95. The number of esters is 1. The van der Waals surface area contributed by atoms with Gasteiger partial charge in [0, 0.05) is 24.0 Å². The molecule has 0 aliphatic heterocycles. The van der Waals surface area contributed by atoms with Crippen LogP contribution in [0.25, 0.3) is 17.2 Å². The Morgan fingerprint density at radius 2 is 1.66 bits per heavy atom. The minimum Gasteiger partial charge on any atom is -0.463 e. The molecule has 0 spiro atoms. The van der Waals surface area contributed by atoms with Crippen LogP contribution in [0.5, 0.6) is 11.5 Å². The predicted molar refractivity (Wildman–Crippen MR) is 117 cm³/mol. The van der Waals surface area contributed by atoms with Crippen molar-refractivity contribution in [3.05, 3.63) is 83.9 Å². The number of halogens is 2. The second-order valence-corrected chi connectivity index (χ2v) is 8.83. The van der Waals surface area contributed by atoms with Crippen LogP contribution in [0.15, 0.2) is 71.6 Å². The van der Waals surface area contributed by atoms with Crippen molar-refractivity contribution in [2.24, 2.45) is 0 Å². The highest BCUT2D eigenvalue weighted by atomic mass is 32.2. The molecule has 5 nitrogen and oxygen atoms in total. The summed E-state index contributed by atoms with van der Waals surface area (Å²) in [5.74, 6) is -2.01. The third-order valence-electron chi connectivity index (χ3n) is 4.41.